The van der Waals surface area contributed by atoms with Crippen molar-refractivity contribution < 1.29 is 4.79 Å². The highest BCUT2D eigenvalue weighted by Gasteiger charge is 2.37. The molecule has 0 aromatic rings. The predicted octanol–water partition coefficient (Wildman–Crippen LogP) is 3.65. The van der Waals surface area contributed by atoms with Crippen LogP contribution >= 0.6 is 0 Å². The maximum absolute atomic E-state index is 12.7. The summed E-state index contributed by atoms with van der Waals surface area (Å²) in [5.74, 6) is 0.788. The molecule has 2 nitrogen and oxygen atoms in total. The van der Waals surface area contributed by atoms with Crippen LogP contribution in [-0.4, -0.2) is 29.3 Å². The average molecular weight is 239 g/mol. The Morgan fingerprint density at radius 1 is 1.06 bits per heavy atom. The lowest BCUT2D eigenvalue weighted by Gasteiger charge is -2.38. The zero-order valence-corrected chi connectivity index (χ0v) is 12.1. The Bertz CT molecular complexity index is 235. The fourth-order valence-electron chi connectivity index (χ4n) is 3.21. The van der Waals surface area contributed by atoms with Crippen LogP contribution in [0, 0.1) is 5.92 Å². The second kappa shape index (κ2) is 6.53. The van der Waals surface area contributed by atoms with Crippen LogP contribution in [0.5, 0.6) is 0 Å². The molecule has 100 valence electrons. The van der Waals surface area contributed by atoms with Gasteiger partial charge in [0, 0.05) is 5.92 Å². The van der Waals surface area contributed by atoms with E-state index < -0.39 is 0 Å². The van der Waals surface area contributed by atoms with E-state index in [0.717, 1.165) is 25.9 Å². The lowest BCUT2D eigenvalue weighted by Crippen LogP contribution is -2.52. The number of ketones is 1. The number of hydrogen-bond donors (Lipinski definition) is 0. The molecule has 0 aromatic heterocycles. The molecule has 1 aliphatic rings. The van der Waals surface area contributed by atoms with Gasteiger partial charge in [-0.15, -0.1) is 0 Å². The van der Waals surface area contributed by atoms with Crippen molar-refractivity contribution in [3.8, 4) is 0 Å². The Kier molecular flexibility index (Phi) is 5.64. The Balaban J connectivity index is 2.71. The van der Waals surface area contributed by atoms with E-state index >= 15 is 0 Å². The summed E-state index contributed by atoms with van der Waals surface area (Å²) in [6.45, 7) is 10.4. The molecule has 0 radical (unpaired) electrons. The maximum Gasteiger partial charge on any atom is 0.155 e. The maximum atomic E-state index is 12.7. The topological polar surface area (TPSA) is 20.3 Å². The summed E-state index contributed by atoms with van der Waals surface area (Å²) in [5.41, 5.74) is -0.279. The number of hydrogen-bond acceptors (Lipinski definition) is 2. The van der Waals surface area contributed by atoms with E-state index in [0.29, 0.717) is 11.7 Å². The van der Waals surface area contributed by atoms with Gasteiger partial charge in [0.1, 0.15) is 0 Å². The van der Waals surface area contributed by atoms with E-state index in [4.69, 9.17) is 0 Å². The van der Waals surface area contributed by atoms with Crippen molar-refractivity contribution in [1.82, 2.24) is 4.90 Å². The van der Waals surface area contributed by atoms with Crippen molar-refractivity contribution in [2.75, 3.05) is 13.1 Å². The first-order valence-corrected chi connectivity index (χ1v) is 7.33. The van der Waals surface area contributed by atoms with Gasteiger partial charge in [0.05, 0.1) is 5.54 Å². The second-order valence-electron chi connectivity index (χ2n) is 5.78. The fraction of sp³-hybridized carbons (Fsp3) is 0.933. The standard InChI is InChI=1S/C15H29NO/c1-5-16(6-2)15(3,4)14(17)13-11-9-7-8-10-12-13/h13H,5-12H2,1-4H3. The zero-order chi connectivity index (χ0) is 12.9. The first kappa shape index (κ1) is 14.7. The molecule has 0 spiro atoms. The summed E-state index contributed by atoms with van der Waals surface area (Å²) >= 11 is 0. The predicted molar refractivity (Wildman–Crippen MR) is 73.2 cm³/mol. The van der Waals surface area contributed by atoms with E-state index in [-0.39, 0.29) is 5.54 Å². The summed E-state index contributed by atoms with van der Waals surface area (Å²) in [6, 6.07) is 0. The highest BCUT2D eigenvalue weighted by atomic mass is 16.1. The van der Waals surface area contributed by atoms with Crippen LogP contribution in [0.1, 0.15) is 66.2 Å². The van der Waals surface area contributed by atoms with E-state index in [9.17, 15) is 4.79 Å². The van der Waals surface area contributed by atoms with E-state index in [1.165, 1.54) is 25.7 Å². The Labute approximate surface area is 107 Å². The van der Waals surface area contributed by atoms with Gasteiger partial charge in [-0.05, 0) is 39.8 Å². The molecule has 1 saturated carbocycles. The van der Waals surface area contributed by atoms with Crippen LogP contribution in [0.2, 0.25) is 0 Å². The number of nitrogens with zero attached hydrogens (tertiary/aromatic N) is 1. The lowest BCUT2D eigenvalue weighted by atomic mass is 9.83. The Morgan fingerprint density at radius 2 is 1.53 bits per heavy atom. The van der Waals surface area contributed by atoms with Crippen molar-refractivity contribution in [1.29, 1.82) is 0 Å². The van der Waals surface area contributed by atoms with Gasteiger partial charge in [0.15, 0.2) is 5.78 Å². The van der Waals surface area contributed by atoms with Gasteiger partial charge < -0.3 is 0 Å². The molecule has 0 heterocycles. The summed E-state index contributed by atoms with van der Waals surface area (Å²) in [6.07, 6.45) is 7.34. The van der Waals surface area contributed by atoms with Gasteiger partial charge in [-0.1, -0.05) is 39.5 Å². The summed E-state index contributed by atoms with van der Waals surface area (Å²) in [4.78, 5) is 15.0. The van der Waals surface area contributed by atoms with Crippen molar-refractivity contribution in [2.45, 2.75) is 71.8 Å². The molecule has 0 saturated heterocycles. The molecule has 1 aliphatic carbocycles. The minimum atomic E-state index is -0.279. The molecule has 0 aliphatic heterocycles. The van der Waals surface area contributed by atoms with Crippen LogP contribution in [0.4, 0.5) is 0 Å². The quantitative estimate of drug-likeness (QED) is 0.683. The number of rotatable bonds is 5. The van der Waals surface area contributed by atoms with Gasteiger partial charge >= 0.3 is 0 Å². The summed E-state index contributed by atoms with van der Waals surface area (Å²) < 4.78 is 0. The highest BCUT2D eigenvalue weighted by Crippen LogP contribution is 2.29. The normalized spacial score (nSPS) is 19.4. The van der Waals surface area contributed by atoms with Gasteiger partial charge in [-0.2, -0.15) is 0 Å². The highest BCUT2D eigenvalue weighted by molar-refractivity contribution is 5.89. The molecule has 0 N–H and O–H groups in total. The Hall–Kier alpha value is -0.370. The first-order chi connectivity index (χ1) is 8.04. The number of carbonyl (C=O) groups excluding carboxylic acids is 1. The molecule has 0 atom stereocenters. The first-order valence-electron chi connectivity index (χ1n) is 7.33. The van der Waals surface area contributed by atoms with Gasteiger partial charge in [0.25, 0.3) is 0 Å². The number of likely N-dealkylation sites (N-methyl/N-ethyl adjacent to an activating group) is 1. The van der Waals surface area contributed by atoms with Gasteiger partial charge in [-0.3, -0.25) is 9.69 Å². The molecule has 1 rings (SSSR count). The number of carbonyl (C=O) groups is 1. The third-order valence-corrected chi connectivity index (χ3v) is 4.38. The SMILES string of the molecule is CCN(CC)C(C)(C)C(=O)C1CCCCCC1. The van der Waals surface area contributed by atoms with Crippen LogP contribution in [0.15, 0.2) is 0 Å². The molecule has 17 heavy (non-hydrogen) atoms. The molecular formula is C15H29NO. The molecule has 2 heteroatoms. The van der Waals surface area contributed by atoms with Crippen LogP contribution in [0.3, 0.4) is 0 Å². The third-order valence-electron chi connectivity index (χ3n) is 4.38. The minimum Gasteiger partial charge on any atom is -0.297 e. The summed E-state index contributed by atoms with van der Waals surface area (Å²) in [7, 11) is 0. The largest absolute Gasteiger partial charge is 0.297 e. The zero-order valence-electron chi connectivity index (χ0n) is 12.1. The molecular weight excluding hydrogens is 210 g/mol. The van der Waals surface area contributed by atoms with E-state index in [1.807, 2.05) is 0 Å². The Morgan fingerprint density at radius 3 is 1.94 bits per heavy atom. The van der Waals surface area contributed by atoms with E-state index in [1.54, 1.807) is 0 Å². The minimum absolute atomic E-state index is 0.279. The monoisotopic (exact) mass is 239 g/mol. The number of Topliss-reactive ketones (excluding diaryl/α,β-unsaturated/α-hetero) is 1. The van der Waals surface area contributed by atoms with Crippen molar-refractivity contribution in [3.63, 3.8) is 0 Å². The smallest absolute Gasteiger partial charge is 0.155 e. The average Bonchev–Trinajstić information content (AvgIpc) is 2.57. The molecule has 1 fully saturated rings. The van der Waals surface area contributed by atoms with Gasteiger partial charge in [-0.25, -0.2) is 0 Å². The van der Waals surface area contributed by atoms with Crippen LogP contribution in [-0.2, 0) is 4.79 Å². The van der Waals surface area contributed by atoms with Crippen LogP contribution in [0.25, 0.3) is 0 Å². The van der Waals surface area contributed by atoms with Crippen molar-refractivity contribution in [2.24, 2.45) is 5.92 Å². The second-order valence-corrected chi connectivity index (χ2v) is 5.78. The lowest BCUT2D eigenvalue weighted by molar-refractivity contribution is -0.133. The summed E-state index contributed by atoms with van der Waals surface area (Å²) in [5, 5.41) is 0. The molecule has 0 aromatic carbocycles. The fourth-order valence-corrected chi connectivity index (χ4v) is 3.21. The third kappa shape index (κ3) is 3.54. The molecule has 0 bridgehead atoms. The molecule has 0 amide bonds. The van der Waals surface area contributed by atoms with E-state index in [2.05, 4.69) is 32.6 Å². The van der Waals surface area contributed by atoms with Gasteiger partial charge in [0.2, 0.25) is 0 Å². The van der Waals surface area contributed by atoms with Crippen molar-refractivity contribution in [3.05, 3.63) is 0 Å². The molecule has 0 unspecified atom stereocenters. The van der Waals surface area contributed by atoms with Crippen molar-refractivity contribution >= 4 is 5.78 Å². The van der Waals surface area contributed by atoms with Crippen LogP contribution < -0.4 is 0 Å².